The average Bonchev–Trinajstić information content (AvgIpc) is 3.68. The van der Waals surface area contributed by atoms with Crippen LogP contribution in [-0.4, -0.2) is 42.1 Å². The Labute approximate surface area is 232 Å². The second-order valence-electron chi connectivity index (χ2n) is 10.6. The van der Waals surface area contributed by atoms with Crippen molar-refractivity contribution in [1.82, 2.24) is 10.4 Å². The fourth-order valence-electron chi connectivity index (χ4n) is 6.30. The predicted molar refractivity (Wildman–Crippen MR) is 146 cm³/mol. The summed E-state index contributed by atoms with van der Waals surface area (Å²) in [7, 11) is 0. The summed E-state index contributed by atoms with van der Waals surface area (Å²) in [4.78, 5) is 56.1. The monoisotopic (exact) mass is 538 g/mol. The van der Waals surface area contributed by atoms with E-state index in [-0.39, 0.29) is 48.5 Å². The lowest BCUT2D eigenvalue weighted by Crippen LogP contribution is -2.37. The van der Waals surface area contributed by atoms with Gasteiger partial charge in [-0.2, -0.15) is 0 Å². The molecule has 6 rings (SSSR count). The summed E-state index contributed by atoms with van der Waals surface area (Å²) in [5.41, 5.74) is 5.01. The third-order valence-corrected chi connectivity index (χ3v) is 8.30. The summed E-state index contributed by atoms with van der Waals surface area (Å²) in [5.74, 6) is -2.00. The smallest absolute Gasteiger partial charge is 0.407 e. The molecule has 1 heterocycles. The van der Waals surface area contributed by atoms with Crippen LogP contribution in [0.2, 0.25) is 0 Å². The van der Waals surface area contributed by atoms with E-state index in [4.69, 9.17) is 9.57 Å². The molecule has 204 valence electrons. The number of rotatable bonds is 8. The number of carbonyl (C=O) groups excluding carboxylic acids is 4. The molecule has 1 saturated carbocycles. The molecule has 3 aromatic carbocycles. The molecule has 3 aliphatic rings. The molecule has 1 fully saturated rings. The van der Waals surface area contributed by atoms with E-state index in [1.54, 1.807) is 12.1 Å². The Morgan fingerprint density at radius 2 is 1.32 bits per heavy atom. The van der Waals surface area contributed by atoms with Gasteiger partial charge < -0.3 is 14.9 Å². The number of imide groups is 1. The van der Waals surface area contributed by atoms with Crippen LogP contribution in [-0.2, 0) is 14.4 Å². The number of nitrogens with one attached hydrogen (secondary N) is 1. The van der Waals surface area contributed by atoms with Crippen molar-refractivity contribution in [3.05, 3.63) is 95.1 Å². The zero-order valence-electron chi connectivity index (χ0n) is 22.0. The first-order valence-corrected chi connectivity index (χ1v) is 13.8. The van der Waals surface area contributed by atoms with Gasteiger partial charge >= 0.3 is 12.1 Å². The molecule has 8 nitrogen and oxygen atoms in total. The first-order valence-electron chi connectivity index (χ1n) is 13.8. The van der Waals surface area contributed by atoms with Crippen LogP contribution in [0, 0.1) is 11.8 Å². The number of hydrogen-bond acceptors (Lipinski definition) is 6. The maximum atomic E-state index is 12.9. The second-order valence-corrected chi connectivity index (χ2v) is 10.6. The third kappa shape index (κ3) is 4.85. The van der Waals surface area contributed by atoms with Gasteiger partial charge in [-0.3, -0.25) is 9.59 Å². The molecule has 3 amide bonds. The number of fused-ring (bicyclic) bond motifs is 4. The van der Waals surface area contributed by atoms with Gasteiger partial charge in [0.25, 0.3) is 11.8 Å². The summed E-state index contributed by atoms with van der Waals surface area (Å²) in [5, 5.41) is 3.39. The number of nitrogens with zero attached hydrogens (tertiary/aromatic N) is 1. The number of benzene rings is 3. The molecule has 1 unspecified atom stereocenters. The quantitative estimate of drug-likeness (QED) is 0.381. The number of carbonyl (C=O) groups is 4. The molecule has 8 heteroatoms. The van der Waals surface area contributed by atoms with Gasteiger partial charge in [-0.1, -0.05) is 91.4 Å². The minimum atomic E-state index is -0.680. The van der Waals surface area contributed by atoms with Crippen LogP contribution in [0.3, 0.4) is 0 Å². The molecule has 0 saturated heterocycles. The van der Waals surface area contributed by atoms with Gasteiger partial charge in [-0.25, -0.2) is 9.59 Å². The molecule has 2 aliphatic carbocycles. The molecule has 1 N–H and O–H groups in total. The summed E-state index contributed by atoms with van der Waals surface area (Å²) >= 11 is 0. The van der Waals surface area contributed by atoms with Gasteiger partial charge in [-0.05, 0) is 46.2 Å². The van der Waals surface area contributed by atoms with Crippen molar-refractivity contribution in [1.29, 1.82) is 0 Å². The van der Waals surface area contributed by atoms with E-state index >= 15 is 0 Å². The topological polar surface area (TPSA) is 102 Å². The van der Waals surface area contributed by atoms with Crippen LogP contribution < -0.4 is 5.32 Å². The van der Waals surface area contributed by atoms with Gasteiger partial charge in [0.2, 0.25) is 0 Å². The highest BCUT2D eigenvalue weighted by Gasteiger charge is 2.39. The van der Waals surface area contributed by atoms with E-state index in [2.05, 4.69) is 29.6 Å². The fraction of sp³-hybridized carbons (Fsp3) is 0.312. The van der Waals surface area contributed by atoms with Gasteiger partial charge in [0.05, 0.1) is 17.5 Å². The maximum absolute atomic E-state index is 12.9. The van der Waals surface area contributed by atoms with Crippen LogP contribution in [0.5, 0.6) is 0 Å². The maximum Gasteiger partial charge on any atom is 0.407 e. The van der Waals surface area contributed by atoms with Crippen molar-refractivity contribution >= 4 is 23.9 Å². The van der Waals surface area contributed by atoms with E-state index in [0.717, 1.165) is 47.9 Å². The molecule has 1 aliphatic heterocycles. The number of hydrogen-bond donors (Lipinski definition) is 1. The molecule has 1 atom stereocenters. The molecule has 3 aromatic rings. The average molecular weight is 539 g/mol. The van der Waals surface area contributed by atoms with Crippen molar-refractivity contribution in [2.75, 3.05) is 13.2 Å². The van der Waals surface area contributed by atoms with E-state index in [1.807, 2.05) is 24.3 Å². The molecular formula is C32H30N2O6. The lowest BCUT2D eigenvalue weighted by Gasteiger charge is -2.24. The van der Waals surface area contributed by atoms with Crippen molar-refractivity contribution in [2.45, 2.75) is 38.0 Å². The van der Waals surface area contributed by atoms with Gasteiger partial charge in [0.15, 0.2) is 0 Å². The van der Waals surface area contributed by atoms with Crippen LogP contribution in [0.1, 0.15) is 69.9 Å². The standard InChI is InChI=1S/C32H30N2O6/c35-29(40-34-30(36)26-15-7-8-16-27(26)31(34)37)17-21(20-9-1-2-10-20)18-33-32(38)39-19-28-24-13-5-3-11-22(24)23-12-4-6-14-25(23)28/h3-8,11-16,20-21,28H,1-2,9-10,17-19H2,(H,33,38). The summed E-state index contributed by atoms with van der Waals surface area (Å²) in [6.45, 7) is 0.439. The van der Waals surface area contributed by atoms with Gasteiger partial charge in [0, 0.05) is 12.5 Å². The number of alkyl carbamates (subject to hydrolysis) is 1. The Hall–Kier alpha value is -4.46. The Bertz CT molecular complexity index is 1400. The van der Waals surface area contributed by atoms with Crippen molar-refractivity contribution < 1.29 is 28.8 Å². The lowest BCUT2D eigenvalue weighted by atomic mass is 9.88. The van der Waals surface area contributed by atoms with Crippen LogP contribution >= 0.6 is 0 Å². The summed E-state index contributed by atoms with van der Waals surface area (Å²) in [6.07, 6.45) is 3.42. The Morgan fingerprint density at radius 1 is 0.800 bits per heavy atom. The zero-order chi connectivity index (χ0) is 27.6. The Morgan fingerprint density at radius 3 is 1.90 bits per heavy atom. The molecule has 40 heavy (non-hydrogen) atoms. The molecule has 0 radical (unpaired) electrons. The van der Waals surface area contributed by atoms with Crippen LogP contribution in [0.15, 0.2) is 72.8 Å². The highest BCUT2D eigenvalue weighted by Crippen LogP contribution is 2.44. The largest absolute Gasteiger partial charge is 0.449 e. The van der Waals surface area contributed by atoms with Crippen molar-refractivity contribution in [2.24, 2.45) is 11.8 Å². The fourth-order valence-corrected chi connectivity index (χ4v) is 6.30. The first-order chi connectivity index (χ1) is 19.5. The van der Waals surface area contributed by atoms with Crippen molar-refractivity contribution in [3.63, 3.8) is 0 Å². The zero-order valence-corrected chi connectivity index (χ0v) is 22.0. The molecule has 0 aromatic heterocycles. The Kier molecular flexibility index (Phi) is 7.07. The summed E-state index contributed by atoms with van der Waals surface area (Å²) in [6, 6.07) is 22.7. The second kappa shape index (κ2) is 11.0. The number of amides is 3. The van der Waals surface area contributed by atoms with Gasteiger partial charge in [-0.15, -0.1) is 0 Å². The van der Waals surface area contributed by atoms with E-state index in [0.29, 0.717) is 5.06 Å². The summed E-state index contributed by atoms with van der Waals surface area (Å²) < 4.78 is 5.67. The normalized spacial score (nSPS) is 16.9. The number of ether oxygens (including phenoxy) is 1. The van der Waals surface area contributed by atoms with Gasteiger partial charge in [0.1, 0.15) is 6.61 Å². The third-order valence-electron chi connectivity index (χ3n) is 8.30. The highest BCUT2D eigenvalue weighted by molar-refractivity contribution is 6.20. The minimum absolute atomic E-state index is 0.0261. The molecule has 0 spiro atoms. The van der Waals surface area contributed by atoms with E-state index < -0.39 is 23.9 Å². The van der Waals surface area contributed by atoms with Crippen LogP contribution in [0.25, 0.3) is 11.1 Å². The van der Waals surface area contributed by atoms with E-state index in [9.17, 15) is 19.2 Å². The van der Waals surface area contributed by atoms with Crippen molar-refractivity contribution in [3.8, 4) is 11.1 Å². The highest BCUT2D eigenvalue weighted by atomic mass is 16.7. The molecular weight excluding hydrogens is 508 g/mol. The SMILES string of the molecule is O=C(CC(CNC(=O)OCC1c2ccccc2-c2ccccc21)C1CCCC1)ON1C(=O)c2ccccc2C1=O. The first kappa shape index (κ1) is 25.8. The van der Waals surface area contributed by atoms with Crippen LogP contribution in [0.4, 0.5) is 4.79 Å². The Balaban J connectivity index is 1.06. The predicted octanol–water partition coefficient (Wildman–Crippen LogP) is 5.48. The molecule has 0 bridgehead atoms. The van der Waals surface area contributed by atoms with E-state index in [1.165, 1.54) is 12.1 Å². The minimum Gasteiger partial charge on any atom is -0.449 e. The lowest BCUT2D eigenvalue weighted by molar-refractivity contribution is -0.170. The number of hydroxylamine groups is 2.